The van der Waals surface area contributed by atoms with E-state index in [0.717, 1.165) is 19.1 Å². The fourth-order valence-corrected chi connectivity index (χ4v) is 4.78. The number of carboxylic acids is 4. The lowest BCUT2D eigenvalue weighted by Gasteiger charge is -2.49. The number of carbonyl (C=O) groups excluding carboxylic acids is 1. The number of aliphatic hydroxyl groups excluding tert-OH is 5. The highest BCUT2D eigenvalue weighted by Crippen LogP contribution is 2.39. The van der Waals surface area contributed by atoms with E-state index in [1.807, 2.05) is 13.8 Å². The zero-order valence-electron chi connectivity index (χ0n) is 25.1. The van der Waals surface area contributed by atoms with Crippen LogP contribution < -0.4 is 5.32 Å². The van der Waals surface area contributed by atoms with E-state index in [4.69, 9.17) is 40.9 Å². The van der Waals surface area contributed by atoms with Crippen molar-refractivity contribution in [1.82, 2.24) is 5.32 Å². The summed E-state index contributed by atoms with van der Waals surface area (Å²) in [4.78, 5) is 53.0. The first kappa shape index (κ1) is 41.4. The topological polar surface area (TPSA) is 279 Å². The van der Waals surface area contributed by atoms with Crippen LogP contribution in [-0.4, -0.2) is 120 Å². The fourth-order valence-electron chi connectivity index (χ4n) is 4.78. The Bertz CT molecular complexity index is 832. The molecule has 0 aliphatic carbocycles. The van der Waals surface area contributed by atoms with Crippen LogP contribution in [0.15, 0.2) is 0 Å². The van der Waals surface area contributed by atoms with Gasteiger partial charge < -0.3 is 56.1 Å². The summed E-state index contributed by atoms with van der Waals surface area (Å²) in [5.41, 5.74) is -1.76. The molecular formula is C27H49NO14. The Labute approximate surface area is 245 Å². The van der Waals surface area contributed by atoms with Crippen molar-refractivity contribution in [3.05, 3.63) is 0 Å². The number of hydrogen-bond donors (Lipinski definition) is 10. The summed E-state index contributed by atoms with van der Waals surface area (Å²) in [5.74, 6) is -9.63. The number of carboxylic acid groups (broad SMARTS) is 4. The van der Waals surface area contributed by atoms with Crippen LogP contribution in [0.25, 0.3) is 0 Å². The van der Waals surface area contributed by atoms with Crippen molar-refractivity contribution in [1.29, 1.82) is 0 Å². The molecule has 246 valence electrons. The third kappa shape index (κ3) is 14.5. The molecular weight excluding hydrogens is 562 g/mol. The molecule has 0 aromatic heterocycles. The van der Waals surface area contributed by atoms with Crippen LogP contribution in [0, 0.1) is 28.6 Å². The molecule has 0 spiro atoms. The van der Waals surface area contributed by atoms with Gasteiger partial charge in [0.1, 0.15) is 6.29 Å². The van der Waals surface area contributed by atoms with Crippen molar-refractivity contribution < 1.29 is 69.9 Å². The van der Waals surface area contributed by atoms with Crippen molar-refractivity contribution in [2.75, 3.05) is 26.4 Å². The molecule has 1 aliphatic heterocycles. The molecule has 0 aromatic rings. The van der Waals surface area contributed by atoms with Gasteiger partial charge in [0, 0.05) is 16.5 Å². The first-order valence-electron chi connectivity index (χ1n) is 13.3. The van der Waals surface area contributed by atoms with Gasteiger partial charge in [-0.3, -0.25) is 19.2 Å². The molecule has 1 rings (SSSR count). The standard InChI is InChI=1S/C14H27NO2.C8H10O8.C5H12O4/c1-12(2,9-16)11(17)10-7-13(3,4)15-14(5,6)8-10;9-5(10)1-3(7(13)14)4(8(15)16)2-6(11)12;6-1-5(2-7,3-8)4-9/h9-11,15,17H,7-8H2,1-6H3;3-4H,1-2H2,(H,9,10)(H,11,12)(H,13,14)(H,15,16);6-9H,1-4H2. The van der Waals surface area contributed by atoms with E-state index in [2.05, 4.69) is 33.0 Å². The molecule has 1 aliphatic rings. The molecule has 0 radical (unpaired) electrons. The summed E-state index contributed by atoms with van der Waals surface area (Å²) in [6.45, 7) is 10.6. The zero-order valence-corrected chi connectivity index (χ0v) is 25.1. The Morgan fingerprint density at radius 3 is 1.26 bits per heavy atom. The Kier molecular flexibility index (Phi) is 17.2. The maximum Gasteiger partial charge on any atom is 0.307 e. The molecule has 0 saturated carbocycles. The molecule has 1 heterocycles. The average Bonchev–Trinajstić information content (AvgIpc) is 2.85. The van der Waals surface area contributed by atoms with Crippen LogP contribution in [0.2, 0.25) is 0 Å². The normalized spacial score (nSPS) is 18.5. The van der Waals surface area contributed by atoms with Crippen LogP contribution in [0.3, 0.4) is 0 Å². The number of aldehydes is 1. The lowest BCUT2D eigenvalue weighted by atomic mass is 9.68. The largest absolute Gasteiger partial charge is 0.481 e. The molecule has 0 aromatic carbocycles. The third-order valence-corrected chi connectivity index (χ3v) is 6.99. The number of nitrogens with one attached hydrogen (secondary N) is 1. The number of carbonyl (C=O) groups is 5. The highest BCUT2D eigenvalue weighted by molar-refractivity contribution is 5.86. The van der Waals surface area contributed by atoms with Crippen molar-refractivity contribution in [3.63, 3.8) is 0 Å². The summed E-state index contributed by atoms with van der Waals surface area (Å²) in [6, 6.07) is 0. The Morgan fingerprint density at radius 2 is 1.07 bits per heavy atom. The van der Waals surface area contributed by atoms with Crippen LogP contribution in [0.4, 0.5) is 0 Å². The first-order chi connectivity index (χ1) is 19.0. The predicted molar refractivity (Wildman–Crippen MR) is 147 cm³/mol. The molecule has 1 saturated heterocycles. The minimum atomic E-state index is -1.76. The molecule has 0 bridgehead atoms. The fraction of sp³-hybridized carbons (Fsp3) is 0.815. The van der Waals surface area contributed by atoms with E-state index in [0.29, 0.717) is 0 Å². The number of hydrogen-bond acceptors (Lipinski definition) is 11. The number of piperidine rings is 1. The Morgan fingerprint density at radius 1 is 0.762 bits per heavy atom. The maximum absolute atomic E-state index is 11.1. The molecule has 3 atom stereocenters. The van der Waals surface area contributed by atoms with Gasteiger partial charge in [0.05, 0.1) is 62.6 Å². The third-order valence-electron chi connectivity index (χ3n) is 6.99. The Hall–Kier alpha value is -2.69. The second-order valence-electron chi connectivity index (χ2n) is 12.7. The summed E-state index contributed by atoms with van der Waals surface area (Å²) < 4.78 is 0. The van der Waals surface area contributed by atoms with E-state index in [9.17, 15) is 29.1 Å². The van der Waals surface area contributed by atoms with Gasteiger partial charge in [-0.1, -0.05) is 13.8 Å². The lowest BCUT2D eigenvalue weighted by Crippen LogP contribution is -2.60. The maximum atomic E-state index is 11.1. The van der Waals surface area contributed by atoms with Crippen molar-refractivity contribution in [2.45, 2.75) is 84.4 Å². The number of aliphatic hydroxyl groups is 5. The first-order valence-corrected chi connectivity index (χ1v) is 13.3. The molecule has 15 heteroatoms. The Balaban J connectivity index is 0. The molecule has 15 nitrogen and oxygen atoms in total. The van der Waals surface area contributed by atoms with E-state index >= 15 is 0 Å². The second kappa shape index (κ2) is 17.4. The van der Waals surface area contributed by atoms with Gasteiger partial charge >= 0.3 is 23.9 Å². The van der Waals surface area contributed by atoms with Crippen molar-refractivity contribution >= 4 is 30.2 Å². The molecule has 1 fully saturated rings. The number of aliphatic carboxylic acids is 4. The van der Waals surface area contributed by atoms with Crippen LogP contribution in [-0.2, 0) is 24.0 Å². The number of rotatable bonds is 14. The van der Waals surface area contributed by atoms with Crippen LogP contribution >= 0.6 is 0 Å². The summed E-state index contributed by atoms with van der Waals surface area (Å²) in [6.07, 6.45) is 0.239. The smallest absolute Gasteiger partial charge is 0.307 e. The second-order valence-corrected chi connectivity index (χ2v) is 12.7. The quantitative estimate of drug-likeness (QED) is 0.110. The summed E-state index contributed by atoms with van der Waals surface area (Å²) >= 11 is 0. The van der Waals surface area contributed by atoms with Crippen molar-refractivity contribution in [2.24, 2.45) is 28.6 Å². The van der Waals surface area contributed by atoms with Gasteiger partial charge in [-0.15, -0.1) is 0 Å². The molecule has 3 unspecified atom stereocenters. The molecule has 42 heavy (non-hydrogen) atoms. The highest BCUT2D eigenvalue weighted by Gasteiger charge is 2.44. The van der Waals surface area contributed by atoms with Crippen molar-refractivity contribution in [3.8, 4) is 0 Å². The van der Waals surface area contributed by atoms with Gasteiger partial charge in [0.15, 0.2) is 0 Å². The summed E-state index contributed by atoms with van der Waals surface area (Å²) in [7, 11) is 0. The van der Waals surface area contributed by atoms with Crippen LogP contribution in [0.1, 0.15) is 67.2 Å². The van der Waals surface area contributed by atoms with E-state index < -0.39 is 91.9 Å². The van der Waals surface area contributed by atoms with E-state index in [1.54, 1.807) is 0 Å². The summed E-state index contributed by atoms with van der Waals surface area (Å²) in [5, 5.41) is 82.0. The SMILES string of the molecule is CC1(C)CC(C(O)C(C)(C)C=O)CC(C)(C)N1.O=C(O)CC(C(=O)O)C(CC(=O)O)C(=O)O.OCC(CO)(CO)CO. The monoisotopic (exact) mass is 611 g/mol. The van der Waals surface area contributed by atoms with Gasteiger partial charge in [-0.25, -0.2) is 0 Å². The minimum Gasteiger partial charge on any atom is -0.481 e. The zero-order chi connectivity index (χ0) is 33.7. The highest BCUT2D eigenvalue weighted by atomic mass is 16.4. The van der Waals surface area contributed by atoms with Gasteiger partial charge in [-0.05, 0) is 46.5 Å². The molecule has 10 N–H and O–H groups in total. The van der Waals surface area contributed by atoms with E-state index in [-0.39, 0.29) is 17.0 Å². The lowest BCUT2D eigenvalue weighted by molar-refractivity contribution is -0.160. The van der Waals surface area contributed by atoms with Gasteiger partial charge in [0.25, 0.3) is 0 Å². The van der Waals surface area contributed by atoms with Crippen LogP contribution in [0.5, 0.6) is 0 Å². The minimum absolute atomic E-state index is 0.00631. The average molecular weight is 612 g/mol. The van der Waals surface area contributed by atoms with Gasteiger partial charge in [-0.2, -0.15) is 0 Å². The van der Waals surface area contributed by atoms with Gasteiger partial charge in [0.2, 0.25) is 0 Å². The predicted octanol–water partition coefficient (Wildman–Crippen LogP) is -0.591. The van der Waals surface area contributed by atoms with E-state index in [1.165, 1.54) is 0 Å². The molecule has 0 amide bonds.